The Morgan fingerprint density at radius 3 is 2.31 bits per heavy atom. The standard InChI is InChI=1S/C19H25N3O4/c1-3-20-9-11-21(12-10-20)16-13-17(23)22(18(16)24)15-7-5-14(6-8-15)19(25)26-4-2/h5-8,16H,3-4,9-13H2,1-2H3/t16-/m1/s1. The van der Waals surface area contributed by atoms with Crippen LogP contribution in [0.3, 0.4) is 0 Å². The van der Waals surface area contributed by atoms with E-state index in [0.717, 1.165) is 32.7 Å². The lowest BCUT2D eigenvalue weighted by molar-refractivity contribution is -0.123. The Hall–Kier alpha value is -2.25. The van der Waals surface area contributed by atoms with Gasteiger partial charge in [0, 0.05) is 26.2 Å². The number of anilines is 1. The lowest BCUT2D eigenvalue weighted by Crippen LogP contribution is -2.52. The quantitative estimate of drug-likeness (QED) is 0.580. The Labute approximate surface area is 153 Å². The summed E-state index contributed by atoms with van der Waals surface area (Å²) in [5.74, 6) is -0.782. The number of hydrogen-bond donors (Lipinski definition) is 0. The van der Waals surface area contributed by atoms with E-state index in [1.807, 2.05) is 0 Å². The molecule has 0 unspecified atom stereocenters. The van der Waals surface area contributed by atoms with Crippen LogP contribution >= 0.6 is 0 Å². The average Bonchev–Trinajstić information content (AvgIpc) is 2.96. The number of amides is 2. The summed E-state index contributed by atoms with van der Waals surface area (Å²) in [5.41, 5.74) is 0.907. The maximum atomic E-state index is 12.8. The highest BCUT2D eigenvalue weighted by Gasteiger charge is 2.43. The lowest BCUT2D eigenvalue weighted by Gasteiger charge is -2.36. The highest BCUT2D eigenvalue weighted by molar-refractivity contribution is 6.22. The number of ether oxygens (including phenoxy) is 1. The monoisotopic (exact) mass is 359 g/mol. The van der Waals surface area contributed by atoms with Gasteiger partial charge in [-0.3, -0.25) is 14.5 Å². The fourth-order valence-corrected chi connectivity index (χ4v) is 3.52. The Morgan fingerprint density at radius 2 is 1.73 bits per heavy atom. The third kappa shape index (κ3) is 3.64. The number of hydrogen-bond acceptors (Lipinski definition) is 6. The summed E-state index contributed by atoms with van der Waals surface area (Å²) in [6.45, 7) is 8.61. The van der Waals surface area contributed by atoms with Gasteiger partial charge in [0.15, 0.2) is 0 Å². The molecule has 2 amide bonds. The molecule has 1 aromatic carbocycles. The number of nitrogens with zero attached hydrogens (tertiary/aromatic N) is 3. The van der Waals surface area contributed by atoms with Gasteiger partial charge < -0.3 is 9.64 Å². The zero-order valence-electron chi connectivity index (χ0n) is 15.3. The van der Waals surface area contributed by atoms with Crippen molar-refractivity contribution < 1.29 is 19.1 Å². The van der Waals surface area contributed by atoms with E-state index in [2.05, 4.69) is 16.7 Å². The predicted octanol–water partition coefficient (Wildman–Crippen LogP) is 1.13. The molecule has 1 atom stereocenters. The van der Waals surface area contributed by atoms with Crippen LogP contribution in [0.5, 0.6) is 0 Å². The molecule has 0 N–H and O–H groups in total. The molecule has 1 aromatic rings. The number of carbonyl (C=O) groups is 3. The first kappa shape index (κ1) is 18.5. The molecule has 2 aliphatic heterocycles. The summed E-state index contributed by atoms with van der Waals surface area (Å²) < 4.78 is 4.95. The molecule has 0 saturated carbocycles. The van der Waals surface area contributed by atoms with Crippen LogP contribution in [0.15, 0.2) is 24.3 Å². The van der Waals surface area contributed by atoms with Gasteiger partial charge in [-0.15, -0.1) is 0 Å². The van der Waals surface area contributed by atoms with E-state index < -0.39 is 5.97 Å². The summed E-state index contributed by atoms with van der Waals surface area (Å²) in [6.07, 6.45) is 0.213. The Bertz CT molecular complexity index is 681. The van der Waals surface area contributed by atoms with Crippen LogP contribution in [-0.2, 0) is 14.3 Å². The SMILES string of the molecule is CCOC(=O)c1ccc(N2C(=O)C[C@@H](N3CCN(CC)CC3)C2=O)cc1. The largest absolute Gasteiger partial charge is 0.462 e. The minimum Gasteiger partial charge on any atom is -0.462 e. The van der Waals surface area contributed by atoms with Crippen LogP contribution in [0.1, 0.15) is 30.6 Å². The second-order valence-corrected chi connectivity index (χ2v) is 6.52. The fraction of sp³-hybridized carbons (Fsp3) is 0.526. The Kier molecular flexibility index (Phi) is 5.68. The van der Waals surface area contributed by atoms with Crippen molar-refractivity contribution in [3.8, 4) is 0 Å². The van der Waals surface area contributed by atoms with E-state index in [0.29, 0.717) is 17.9 Å². The molecular formula is C19H25N3O4. The van der Waals surface area contributed by atoms with Crippen LogP contribution in [0, 0.1) is 0 Å². The van der Waals surface area contributed by atoms with Gasteiger partial charge in [0.25, 0.3) is 5.91 Å². The second kappa shape index (κ2) is 7.97. The molecule has 2 aliphatic rings. The minimum atomic E-state index is -0.412. The number of esters is 1. The summed E-state index contributed by atoms with van der Waals surface area (Å²) in [5, 5.41) is 0. The van der Waals surface area contributed by atoms with E-state index in [-0.39, 0.29) is 24.3 Å². The van der Waals surface area contributed by atoms with Gasteiger partial charge in [-0.25, -0.2) is 9.69 Å². The van der Waals surface area contributed by atoms with Crippen molar-refractivity contribution in [1.82, 2.24) is 9.80 Å². The van der Waals surface area contributed by atoms with Crippen molar-refractivity contribution in [2.75, 3.05) is 44.2 Å². The minimum absolute atomic E-state index is 0.177. The van der Waals surface area contributed by atoms with E-state index in [9.17, 15) is 14.4 Å². The molecule has 2 saturated heterocycles. The fourth-order valence-electron chi connectivity index (χ4n) is 3.52. The van der Waals surface area contributed by atoms with Crippen molar-refractivity contribution >= 4 is 23.5 Å². The van der Waals surface area contributed by atoms with Gasteiger partial charge in [0.05, 0.1) is 30.3 Å². The van der Waals surface area contributed by atoms with Crippen LogP contribution in [0.25, 0.3) is 0 Å². The molecule has 0 bridgehead atoms. The van der Waals surface area contributed by atoms with Crippen molar-refractivity contribution in [2.24, 2.45) is 0 Å². The molecule has 7 nitrogen and oxygen atoms in total. The first-order valence-electron chi connectivity index (χ1n) is 9.15. The summed E-state index contributed by atoms with van der Waals surface area (Å²) in [4.78, 5) is 42.7. The maximum Gasteiger partial charge on any atom is 0.338 e. The maximum absolute atomic E-state index is 12.8. The summed E-state index contributed by atoms with van der Waals surface area (Å²) >= 11 is 0. The topological polar surface area (TPSA) is 70.2 Å². The van der Waals surface area contributed by atoms with Gasteiger partial charge in [0.2, 0.25) is 5.91 Å². The number of carbonyl (C=O) groups excluding carboxylic acids is 3. The molecule has 26 heavy (non-hydrogen) atoms. The van der Waals surface area contributed by atoms with Gasteiger partial charge in [-0.05, 0) is 37.7 Å². The first-order chi connectivity index (χ1) is 12.5. The molecule has 0 aliphatic carbocycles. The van der Waals surface area contributed by atoms with Crippen molar-refractivity contribution in [2.45, 2.75) is 26.3 Å². The number of piperazine rings is 1. The van der Waals surface area contributed by atoms with E-state index >= 15 is 0 Å². The molecule has 140 valence electrons. The van der Waals surface area contributed by atoms with Crippen LogP contribution < -0.4 is 4.90 Å². The van der Waals surface area contributed by atoms with E-state index in [4.69, 9.17) is 4.74 Å². The molecule has 0 spiro atoms. The zero-order chi connectivity index (χ0) is 18.7. The van der Waals surface area contributed by atoms with Crippen LogP contribution in [-0.4, -0.2) is 73.0 Å². The highest BCUT2D eigenvalue weighted by Crippen LogP contribution is 2.26. The third-order valence-electron chi connectivity index (χ3n) is 5.05. The molecule has 0 aromatic heterocycles. The number of likely N-dealkylation sites (N-methyl/N-ethyl adjacent to an activating group) is 1. The first-order valence-corrected chi connectivity index (χ1v) is 9.15. The smallest absolute Gasteiger partial charge is 0.338 e. The van der Waals surface area contributed by atoms with Gasteiger partial charge in [-0.2, -0.15) is 0 Å². The lowest BCUT2D eigenvalue weighted by atomic mass is 10.1. The predicted molar refractivity (Wildman–Crippen MR) is 97.0 cm³/mol. The summed E-state index contributed by atoms with van der Waals surface area (Å²) in [7, 11) is 0. The third-order valence-corrected chi connectivity index (χ3v) is 5.05. The van der Waals surface area contributed by atoms with Crippen LogP contribution in [0.4, 0.5) is 5.69 Å². The molecule has 3 rings (SSSR count). The molecule has 7 heteroatoms. The van der Waals surface area contributed by atoms with Gasteiger partial charge in [0.1, 0.15) is 0 Å². The van der Waals surface area contributed by atoms with E-state index in [1.165, 1.54) is 4.90 Å². The molecular weight excluding hydrogens is 334 g/mol. The van der Waals surface area contributed by atoms with Gasteiger partial charge >= 0.3 is 5.97 Å². The molecule has 2 fully saturated rings. The molecule has 2 heterocycles. The van der Waals surface area contributed by atoms with Crippen molar-refractivity contribution in [3.05, 3.63) is 29.8 Å². The molecule has 0 radical (unpaired) electrons. The summed E-state index contributed by atoms with van der Waals surface area (Å²) in [6, 6.07) is 6.03. The van der Waals surface area contributed by atoms with Crippen LogP contribution in [0.2, 0.25) is 0 Å². The Balaban J connectivity index is 1.70. The average molecular weight is 359 g/mol. The highest BCUT2D eigenvalue weighted by atomic mass is 16.5. The van der Waals surface area contributed by atoms with Gasteiger partial charge in [-0.1, -0.05) is 6.92 Å². The van der Waals surface area contributed by atoms with Crippen molar-refractivity contribution in [1.29, 1.82) is 0 Å². The number of benzene rings is 1. The number of imide groups is 1. The second-order valence-electron chi connectivity index (χ2n) is 6.52. The normalized spacial score (nSPS) is 22.1. The van der Waals surface area contributed by atoms with Crippen molar-refractivity contribution in [3.63, 3.8) is 0 Å². The Morgan fingerprint density at radius 1 is 1.08 bits per heavy atom. The number of rotatable bonds is 5. The van der Waals surface area contributed by atoms with E-state index in [1.54, 1.807) is 31.2 Å². The zero-order valence-corrected chi connectivity index (χ0v) is 15.3.